The number of esters is 1. The first-order chi connectivity index (χ1) is 23.2. The fraction of sp³-hybridized carbons (Fsp3) is 0.325. The first-order valence-corrected chi connectivity index (χ1v) is 16.6. The summed E-state index contributed by atoms with van der Waals surface area (Å²) in [5, 5.41) is 5.55. The van der Waals surface area contributed by atoms with E-state index in [-0.39, 0.29) is 25.0 Å². The third-order valence-corrected chi connectivity index (χ3v) is 8.86. The van der Waals surface area contributed by atoms with Crippen molar-refractivity contribution in [2.24, 2.45) is 0 Å². The Kier molecular flexibility index (Phi) is 9.80. The van der Waals surface area contributed by atoms with Crippen LogP contribution in [0.3, 0.4) is 0 Å². The van der Waals surface area contributed by atoms with Gasteiger partial charge < -0.3 is 24.8 Å². The summed E-state index contributed by atoms with van der Waals surface area (Å²) in [6.07, 6.45) is 0.292. The Balaban J connectivity index is 0.978. The van der Waals surface area contributed by atoms with Crippen LogP contribution in [0, 0.1) is 0 Å². The summed E-state index contributed by atoms with van der Waals surface area (Å²) < 4.78 is 16.9. The standard InChI is InChI=1S/C40H42N2O6/c1-40(2,3)48-37(43)36(42-39(45)47-25-35-32-20-10-6-16-28(32)29-17-7-11-21-33(29)35)22-12-13-23-41-38(44)46-24-34-30-18-8-4-14-26(30)27-15-5-9-19-31(27)34/h4-11,14-21,34-36H,12-13,22-25H2,1-3H3,(H,41,44)(H,42,45)/t36-/m0/s1. The summed E-state index contributed by atoms with van der Waals surface area (Å²) in [6.45, 7) is 6.10. The van der Waals surface area contributed by atoms with Crippen LogP contribution in [0.2, 0.25) is 0 Å². The van der Waals surface area contributed by atoms with E-state index < -0.39 is 29.8 Å². The molecule has 1 atom stereocenters. The Labute approximate surface area is 281 Å². The third-order valence-electron chi connectivity index (χ3n) is 8.86. The van der Waals surface area contributed by atoms with Gasteiger partial charge in [-0.25, -0.2) is 14.4 Å². The molecule has 8 heteroatoms. The van der Waals surface area contributed by atoms with Gasteiger partial charge in [0.1, 0.15) is 24.9 Å². The second-order valence-electron chi connectivity index (χ2n) is 13.3. The van der Waals surface area contributed by atoms with E-state index in [2.05, 4.69) is 59.2 Å². The van der Waals surface area contributed by atoms with Crippen LogP contribution in [-0.4, -0.2) is 49.6 Å². The highest BCUT2D eigenvalue weighted by Gasteiger charge is 2.32. The number of alkyl carbamates (subject to hydrolysis) is 2. The molecule has 2 N–H and O–H groups in total. The molecule has 8 nitrogen and oxygen atoms in total. The van der Waals surface area contributed by atoms with Crippen LogP contribution >= 0.6 is 0 Å². The molecule has 0 unspecified atom stereocenters. The summed E-state index contributed by atoms with van der Waals surface area (Å²) in [6, 6.07) is 31.8. The van der Waals surface area contributed by atoms with Gasteiger partial charge in [0.05, 0.1) is 0 Å². The second kappa shape index (κ2) is 14.3. The van der Waals surface area contributed by atoms with Crippen molar-refractivity contribution in [1.29, 1.82) is 0 Å². The number of rotatable bonds is 11. The lowest BCUT2D eigenvalue weighted by molar-refractivity contribution is -0.157. The molecule has 4 aromatic rings. The van der Waals surface area contributed by atoms with E-state index in [1.54, 1.807) is 20.8 Å². The molecule has 2 amide bonds. The average molecular weight is 647 g/mol. The van der Waals surface area contributed by atoms with Crippen LogP contribution in [0.5, 0.6) is 0 Å². The predicted octanol–water partition coefficient (Wildman–Crippen LogP) is 7.94. The number of fused-ring (bicyclic) bond motifs is 6. The summed E-state index contributed by atoms with van der Waals surface area (Å²) in [5.74, 6) is -0.630. The number of carbonyl (C=O) groups is 3. The van der Waals surface area contributed by atoms with Gasteiger partial charge in [-0.2, -0.15) is 0 Å². The first-order valence-electron chi connectivity index (χ1n) is 16.6. The molecule has 248 valence electrons. The van der Waals surface area contributed by atoms with Crippen molar-refractivity contribution in [2.75, 3.05) is 19.8 Å². The minimum Gasteiger partial charge on any atom is -0.458 e. The van der Waals surface area contributed by atoms with E-state index in [9.17, 15) is 14.4 Å². The molecular formula is C40H42N2O6. The van der Waals surface area contributed by atoms with Gasteiger partial charge in [0, 0.05) is 18.4 Å². The monoisotopic (exact) mass is 646 g/mol. The van der Waals surface area contributed by atoms with E-state index in [1.807, 2.05) is 48.5 Å². The van der Waals surface area contributed by atoms with Crippen LogP contribution in [0.15, 0.2) is 97.1 Å². The molecule has 0 heterocycles. The van der Waals surface area contributed by atoms with Gasteiger partial charge in [-0.05, 0) is 84.5 Å². The Morgan fingerprint density at radius 3 is 1.48 bits per heavy atom. The van der Waals surface area contributed by atoms with E-state index in [1.165, 1.54) is 11.1 Å². The highest BCUT2D eigenvalue weighted by molar-refractivity contribution is 5.82. The van der Waals surface area contributed by atoms with Gasteiger partial charge in [-0.1, -0.05) is 97.1 Å². The first kappa shape index (κ1) is 32.8. The van der Waals surface area contributed by atoms with Gasteiger partial charge in [0.2, 0.25) is 0 Å². The van der Waals surface area contributed by atoms with Crippen molar-refractivity contribution in [2.45, 2.75) is 63.5 Å². The smallest absolute Gasteiger partial charge is 0.407 e. The van der Waals surface area contributed by atoms with Crippen molar-refractivity contribution >= 4 is 18.2 Å². The van der Waals surface area contributed by atoms with Crippen LogP contribution in [-0.2, 0) is 19.0 Å². The molecule has 4 aromatic carbocycles. The number of hydrogen-bond donors (Lipinski definition) is 2. The molecular weight excluding hydrogens is 604 g/mol. The van der Waals surface area contributed by atoms with Gasteiger partial charge in [0.25, 0.3) is 0 Å². The maximum Gasteiger partial charge on any atom is 0.407 e. The largest absolute Gasteiger partial charge is 0.458 e. The maximum atomic E-state index is 13.1. The SMILES string of the molecule is CC(C)(C)OC(=O)[C@H](CCCCNC(=O)OCC1c2ccccc2-c2ccccc21)NC(=O)OCC1c2ccccc2-c2ccccc21. The molecule has 0 saturated heterocycles. The van der Waals surface area contributed by atoms with Gasteiger partial charge in [-0.15, -0.1) is 0 Å². The Morgan fingerprint density at radius 1 is 0.625 bits per heavy atom. The summed E-state index contributed by atoms with van der Waals surface area (Å²) in [7, 11) is 0. The lowest BCUT2D eigenvalue weighted by Gasteiger charge is -2.24. The molecule has 0 bridgehead atoms. The zero-order chi connectivity index (χ0) is 33.7. The molecule has 2 aliphatic rings. The molecule has 2 aliphatic carbocycles. The molecule has 0 aromatic heterocycles. The van der Waals surface area contributed by atoms with Gasteiger partial charge >= 0.3 is 18.2 Å². The fourth-order valence-corrected chi connectivity index (χ4v) is 6.72. The molecule has 48 heavy (non-hydrogen) atoms. The Bertz CT molecular complexity index is 1700. The van der Waals surface area contributed by atoms with E-state index >= 15 is 0 Å². The van der Waals surface area contributed by atoms with Crippen molar-refractivity contribution in [3.63, 3.8) is 0 Å². The number of ether oxygens (including phenoxy) is 3. The second-order valence-corrected chi connectivity index (χ2v) is 13.3. The Morgan fingerprint density at radius 2 is 1.04 bits per heavy atom. The lowest BCUT2D eigenvalue weighted by Crippen LogP contribution is -2.44. The van der Waals surface area contributed by atoms with Crippen LogP contribution in [0.1, 0.15) is 74.1 Å². The lowest BCUT2D eigenvalue weighted by atomic mass is 9.98. The summed E-state index contributed by atoms with van der Waals surface area (Å²) >= 11 is 0. The number of unbranched alkanes of at least 4 members (excludes halogenated alkanes) is 1. The summed E-state index contributed by atoms with van der Waals surface area (Å²) in [5.41, 5.74) is 8.44. The number of carbonyl (C=O) groups excluding carboxylic acids is 3. The third kappa shape index (κ3) is 7.38. The minimum absolute atomic E-state index is 0.0123. The Hall–Kier alpha value is -5.11. The quantitative estimate of drug-likeness (QED) is 0.0974. The molecule has 0 fully saturated rings. The van der Waals surface area contributed by atoms with E-state index in [0.29, 0.717) is 25.8 Å². The normalized spacial score (nSPS) is 13.8. The van der Waals surface area contributed by atoms with Crippen molar-refractivity contribution < 1.29 is 28.6 Å². The van der Waals surface area contributed by atoms with E-state index in [0.717, 1.165) is 33.4 Å². The highest BCUT2D eigenvalue weighted by atomic mass is 16.6. The van der Waals surface area contributed by atoms with Crippen LogP contribution in [0.25, 0.3) is 22.3 Å². The maximum absolute atomic E-state index is 13.1. The number of nitrogens with one attached hydrogen (secondary N) is 2. The van der Waals surface area contributed by atoms with Gasteiger partial charge in [0.15, 0.2) is 0 Å². The van der Waals surface area contributed by atoms with E-state index in [4.69, 9.17) is 14.2 Å². The zero-order valence-corrected chi connectivity index (χ0v) is 27.7. The zero-order valence-electron chi connectivity index (χ0n) is 27.7. The van der Waals surface area contributed by atoms with Crippen molar-refractivity contribution in [3.8, 4) is 22.3 Å². The number of benzene rings is 4. The topological polar surface area (TPSA) is 103 Å². The molecule has 0 spiro atoms. The van der Waals surface area contributed by atoms with Crippen molar-refractivity contribution in [3.05, 3.63) is 119 Å². The fourth-order valence-electron chi connectivity index (χ4n) is 6.72. The number of hydrogen-bond acceptors (Lipinski definition) is 6. The summed E-state index contributed by atoms with van der Waals surface area (Å²) in [4.78, 5) is 38.6. The minimum atomic E-state index is -0.894. The predicted molar refractivity (Wildman–Crippen MR) is 185 cm³/mol. The van der Waals surface area contributed by atoms with Crippen LogP contribution in [0.4, 0.5) is 9.59 Å². The molecule has 0 radical (unpaired) electrons. The van der Waals surface area contributed by atoms with Crippen molar-refractivity contribution in [1.82, 2.24) is 10.6 Å². The highest BCUT2D eigenvalue weighted by Crippen LogP contribution is 2.45. The molecule has 0 saturated carbocycles. The van der Waals surface area contributed by atoms with Crippen LogP contribution < -0.4 is 10.6 Å². The van der Waals surface area contributed by atoms with Gasteiger partial charge in [-0.3, -0.25) is 0 Å². The molecule has 0 aliphatic heterocycles. The average Bonchev–Trinajstić information content (AvgIpc) is 3.57. The molecule has 6 rings (SSSR count). The number of amides is 2.